The number of Topliss-reactive ketones (excluding diaryl/α,β-unsaturated/α-hetero) is 1. The average Bonchev–Trinajstić information content (AvgIpc) is 1.97. The summed E-state index contributed by atoms with van der Waals surface area (Å²) in [7, 11) is 1.86. The van der Waals surface area contributed by atoms with Crippen LogP contribution in [-0.2, 0) is 4.79 Å². The smallest absolute Gasteiger partial charge is 0.134 e. The van der Waals surface area contributed by atoms with Gasteiger partial charge in [0.15, 0.2) is 0 Å². The minimum atomic E-state index is 0.156. The molecule has 3 N–H and O–H groups in total. The highest BCUT2D eigenvalue weighted by Crippen LogP contribution is 2.05. The standard InChI is InChI=1S/C8H18N2O/c1-7(11)8(6-10-2)4-3-5-9/h8,10H,3-6,9H2,1-2H3. The summed E-state index contributed by atoms with van der Waals surface area (Å²) < 4.78 is 0. The van der Waals surface area contributed by atoms with E-state index in [1.165, 1.54) is 0 Å². The summed E-state index contributed by atoms with van der Waals surface area (Å²) in [6.45, 7) is 3.08. The Balaban J connectivity index is 3.60. The predicted molar refractivity (Wildman–Crippen MR) is 46.4 cm³/mol. The average molecular weight is 158 g/mol. The molecular formula is C8H18N2O. The van der Waals surface area contributed by atoms with Gasteiger partial charge in [0.2, 0.25) is 0 Å². The van der Waals surface area contributed by atoms with Crippen LogP contribution in [0, 0.1) is 5.92 Å². The van der Waals surface area contributed by atoms with Crippen LogP contribution in [0.5, 0.6) is 0 Å². The van der Waals surface area contributed by atoms with E-state index >= 15 is 0 Å². The first-order valence-corrected chi connectivity index (χ1v) is 4.07. The molecule has 0 amide bonds. The zero-order valence-corrected chi connectivity index (χ0v) is 7.39. The van der Waals surface area contributed by atoms with Crippen molar-refractivity contribution in [2.75, 3.05) is 20.1 Å². The number of nitrogens with one attached hydrogen (secondary N) is 1. The molecule has 0 aliphatic heterocycles. The van der Waals surface area contributed by atoms with E-state index in [0.29, 0.717) is 6.54 Å². The van der Waals surface area contributed by atoms with E-state index in [0.717, 1.165) is 19.4 Å². The Morgan fingerprint density at radius 2 is 2.27 bits per heavy atom. The fourth-order valence-corrected chi connectivity index (χ4v) is 1.06. The summed E-state index contributed by atoms with van der Waals surface area (Å²) in [4.78, 5) is 11.0. The lowest BCUT2D eigenvalue weighted by Crippen LogP contribution is -2.25. The second kappa shape index (κ2) is 6.31. The van der Waals surface area contributed by atoms with Crippen molar-refractivity contribution in [3.8, 4) is 0 Å². The van der Waals surface area contributed by atoms with Crippen LogP contribution in [0.2, 0.25) is 0 Å². The van der Waals surface area contributed by atoms with Crippen LogP contribution in [0.4, 0.5) is 0 Å². The predicted octanol–water partition coefficient (Wildman–Crippen LogP) is 0.150. The first-order valence-electron chi connectivity index (χ1n) is 4.07. The van der Waals surface area contributed by atoms with Gasteiger partial charge in [0.25, 0.3) is 0 Å². The molecule has 0 aliphatic rings. The quantitative estimate of drug-likeness (QED) is 0.578. The van der Waals surface area contributed by atoms with Crippen molar-refractivity contribution in [3.05, 3.63) is 0 Å². The maximum absolute atomic E-state index is 11.0. The number of carbonyl (C=O) groups excluding carboxylic acids is 1. The van der Waals surface area contributed by atoms with Crippen LogP contribution >= 0.6 is 0 Å². The maximum Gasteiger partial charge on any atom is 0.134 e. The van der Waals surface area contributed by atoms with Crippen molar-refractivity contribution >= 4 is 5.78 Å². The lowest BCUT2D eigenvalue weighted by atomic mass is 9.99. The molecule has 0 rings (SSSR count). The third kappa shape index (κ3) is 4.93. The third-order valence-corrected chi connectivity index (χ3v) is 1.78. The van der Waals surface area contributed by atoms with E-state index in [1.807, 2.05) is 7.05 Å². The van der Waals surface area contributed by atoms with E-state index in [4.69, 9.17) is 5.73 Å². The maximum atomic E-state index is 11.0. The molecule has 0 fully saturated rings. The van der Waals surface area contributed by atoms with Gasteiger partial charge in [-0.3, -0.25) is 4.79 Å². The van der Waals surface area contributed by atoms with Crippen molar-refractivity contribution in [3.63, 3.8) is 0 Å². The Morgan fingerprint density at radius 1 is 1.64 bits per heavy atom. The molecule has 3 heteroatoms. The van der Waals surface area contributed by atoms with Crippen molar-refractivity contribution in [1.82, 2.24) is 5.32 Å². The van der Waals surface area contributed by atoms with Gasteiger partial charge in [-0.25, -0.2) is 0 Å². The summed E-state index contributed by atoms with van der Waals surface area (Å²) in [5.74, 6) is 0.413. The molecule has 0 spiro atoms. The molecule has 0 aromatic rings. The van der Waals surface area contributed by atoms with Gasteiger partial charge >= 0.3 is 0 Å². The highest BCUT2D eigenvalue weighted by Gasteiger charge is 2.11. The van der Waals surface area contributed by atoms with Gasteiger partial charge in [0.1, 0.15) is 5.78 Å². The van der Waals surface area contributed by atoms with E-state index in [2.05, 4.69) is 5.32 Å². The fraction of sp³-hybridized carbons (Fsp3) is 0.875. The number of hydrogen-bond acceptors (Lipinski definition) is 3. The summed E-state index contributed by atoms with van der Waals surface area (Å²) in [6, 6.07) is 0. The van der Waals surface area contributed by atoms with Crippen molar-refractivity contribution < 1.29 is 4.79 Å². The minimum Gasteiger partial charge on any atom is -0.330 e. The Kier molecular flexibility index (Phi) is 6.07. The SMILES string of the molecule is CNCC(CCCN)C(C)=O. The zero-order valence-electron chi connectivity index (χ0n) is 7.39. The van der Waals surface area contributed by atoms with Gasteiger partial charge in [0.05, 0.1) is 0 Å². The van der Waals surface area contributed by atoms with Gasteiger partial charge in [-0.1, -0.05) is 0 Å². The highest BCUT2D eigenvalue weighted by molar-refractivity contribution is 5.78. The molecular weight excluding hydrogens is 140 g/mol. The number of nitrogens with two attached hydrogens (primary N) is 1. The Morgan fingerprint density at radius 3 is 2.64 bits per heavy atom. The Labute approximate surface area is 68.3 Å². The second-order valence-corrected chi connectivity index (χ2v) is 2.80. The van der Waals surface area contributed by atoms with Crippen LogP contribution in [0.25, 0.3) is 0 Å². The Hall–Kier alpha value is -0.410. The third-order valence-electron chi connectivity index (χ3n) is 1.78. The van der Waals surface area contributed by atoms with Gasteiger partial charge in [-0.05, 0) is 33.4 Å². The van der Waals surface area contributed by atoms with Gasteiger partial charge in [-0.15, -0.1) is 0 Å². The van der Waals surface area contributed by atoms with Crippen LogP contribution in [0.3, 0.4) is 0 Å². The molecule has 0 heterocycles. The molecule has 0 aromatic carbocycles. The molecule has 0 aromatic heterocycles. The zero-order chi connectivity index (χ0) is 8.69. The molecule has 1 atom stereocenters. The van der Waals surface area contributed by atoms with E-state index in [1.54, 1.807) is 6.92 Å². The summed E-state index contributed by atoms with van der Waals surface area (Å²) in [6.07, 6.45) is 1.85. The van der Waals surface area contributed by atoms with E-state index in [9.17, 15) is 4.79 Å². The molecule has 66 valence electrons. The molecule has 11 heavy (non-hydrogen) atoms. The lowest BCUT2D eigenvalue weighted by Gasteiger charge is -2.11. The largest absolute Gasteiger partial charge is 0.330 e. The minimum absolute atomic E-state index is 0.156. The van der Waals surface area contributed by atoms with Crippen LogP contribution in [0.15, 0.2) is 0 Å². The molecule has 1 unspecified atom stereocenters. The second-order valence-electron chi connectivity index (χ2n) is 2.80. The van der Waals surface area contributed by atoms with Crippen LogP contribution in [0.1, 0.15) is 19.8 Å². The van der Waals surface area contributed by atoms with Crippen LogP contribution < -0.4 is 11.1 Å². The number of carbonyl (C=O) groups is 1. The van der Waals surface area contributed by atoms with Crippen molar-refractivity contribution in [2.24, 2.45) is 11.7 Å². The monoisotopic (exact) mass is 158 g/mol. The fourth-order valence-electron chi connectivity index (χ4n) is 1.06. The van der Waals surface area contributed by atoms with Crippen molar-refractivity contribution in [2.45, 2.75) is 19.8 Å². The van der Waals surface area contributed by atoms with Crippen LogP contribution in [-0.4, -0.2) is 25.9 Å². The first kappa shape index (κ1) is 10.6. The molecule has 3 nitrogen and oxygen atoms in total. The normalized spacial score (nSPS) is 13.0. The molecule has 0 radical (unpaired) electrons. The molecule has 0 bridgehead atoms. The Bertz CT molecular complexity index is 115. The number of hydrogen-bond donors (Lipinski definition) is 2. The summed E-state index contributed by atoms with van der Waals surface area (Å²) in [5, 5.41) is 3.00. The van der Waals surface area contributed by atoms with Gasteiger partial charge < -0.3 is 11.1 Å². The molecule has 0 saturated heterocycles. The van der Waals surface area contributed by atoms with Gasteiger partial charge in [0, 0.05) is 12.5 Å². The molecule has 0 aliphatic carbocycles. The van der Waals surface area contributed by atoms with E-state index in [-0.39, 0.29) is 11.7 Å². The number of ketones is 1. The lowest BCUT2D eigenvalue weighted by molar-refractivity contribution is -0.120. The van der Waals surface area contributed by atoms with Crippen molar-refractivity contribution in [1.29, 1.82) is 0 Å². The highest BCUT2D eigenvalue weighted by atomic mass is 16.1. The molecule has 0 saturated carbocycles. The summed E-state index contributed by atoms with van der Waals surface area (Å²) >= 11 is 0. The number of rotatable bonds is 6. The summed E-state index contributed by atoms with van der Waals surface area (Å²) in [5.41, 5.74) is 5.34. The first-order chi connectivity index (χ1) is 5.22. The topological polar surface area (TPSA) is 55.1 Å². The van der Waals surface area contributed by atoms with Gasteiger partial charge in [-0.2, -0.15) is 0 Å². The van der Waals surface area contributed by atoms with E-state index < -0.39 is 0 Å².